The van der Waals surface area contributed by atoms with Gasteiger partial charge in [0.25, 0.3) is 0 Å². The Hall–Kier alpha value is -0.570. The standard InChI is InChI=1S/C14H22ClNO/c1-10(2)14(9-17)16-11(3)8-12-4-6-13(15)7-5-12/h4-7,10-11,14,16-17H,8-9H2,1-3H3. The summed E-state index contributed by atoms with van der Waals surface area (Å²) in [6, 6.07) is 8.42. The lowest BCUT2D eigenvalue weighted by atomic mass is 10.0. The minimum Gasteiger partial charge on any atom is -0.395 e. The molecule has 2 atom stereocenters. The zero-order valence-electron chi connectivity index (χ0n) is 10.8. The van der Waals surface area contributed by atoms with Crippen LogP contribution in [-0.2, 0) is 6.42 Å². The van der Waals surface area contributed by atoms with Crippen molar-refractivity contribution in [3.8, 4) is 0 Å². The van der Waals surface area contributed by atoms with Gasteiger partial charge in [0.05, 0.1) is 6.61 Å². The molecule has 2 N–H and O–H groups in total. The molecule has 0 aromatic heterocycles. The molecule has 0 aliphatic rings. The average Bonchev–Trinajstić information content (AvgIpc) is 2.28. The van der Waals surface area contributed by atoms with E-state index in [1.807, 2.05) is 24.3 Å². The SMILES string of the molecule is CC(Cc1ccc(Cl)cc1)NC(CO)C(C)C. The van der Waals surface area contributed by atoms with Gasteiger partial charge in [-0.3, -0.25) is 0 Å². The van der Waals surface area contributed by atoms with Crippen molar-refractivity contribution >= 4 is 11.6 Å². The summed E-state index contributed by atoms with van der Waals surface area (Å²) in [5.74, 6) is 0.438. The van der Waals surface area contributed by atoms with Crippen LogP contribution in [0.5, 0.6) is 0 Å². The van der Waals surface area contributed by atoms with Crippen molar-refractivity contribution in [1.29, 1.82) is 0 Å². The number of aliphatic hydroxyl groups excluding tert-OH is 1. The maximum atomic E-state index is 9.27. The Balaban J connectivity index is 2.48. The highest BCUT2D eigenvalue weighted by Gasteiger charge is 2.14. The number of aliphatic hydroxyl groups is 1. The van der Waals surface area contributed by atoms with Crippen LogP contribution in [0.15, 0.2) is 24.3 Å². The van der Waals surface area contributed by atoms with E-state index in [1.54, 1.807) is 0 Å². The summed E-state index contributed by atoms with van der Waals surface area (Å²) in [5.41, 5.74) is 1.26. The first kappa shape index (κ1) is 14.5. The van der Waals surface area contributed by atoms with E-state index in [-0.39, 0.29) is 12.6 Å². The lowest BCUT2D eigenvalue weighted by Gasteiger charge is -2.24. The molecule has 0 saturated heterocycles. The number of hydrogen-bond donors (Lipinski definition) is 2. The van der Waals surface area contributed by atoms with Crippen molar-refractivity contribution in [2.75, 3.05) is 6.61 Å². The van der Waals surface area contributed by atoms with Gasteiger partial charge in [-0.2, -0.15) is 0 Å². The number of nitrogens with one attached hydrogen (secondary N) is 1. The van der Waals surface area contributed by atoms with Crippen LogP contribution in [0.1, 0.15) is 26.3 Å². The molecule has 96 valence electrons. The molecule has 1 aromatic rings. The van der Waals surface area contributed by atoms with E-state index in [0.29, 0.717) is 12.0 Å². The summed E-state index contributed by atoms with van der Waals surface area (Å²) in [6.45, 7) is 6.55. The van der Waals surface area contributed by atoms with Gasteiger partial charge in [-0.1, -0.05) is 37.6 Å². The molecule has 0 radical (unpaired) electrons. The Labute approximate surface area is 109 Å². The summed E-state index contributed by atoms with van der Waals surface area (Å²) in [6.07, 6.45) is 0.945. The lowest BCUT2D eigenvalue weighted by Crippen LogP contribution is -2.43. The smallest absolute Gasteiger partial charge is 0.0587 e. The van der Waals surface area contributed by atoms with E-state index in [0.717, 1.165) is 11.4 Å². The molecule has 0 aliphatic heterocycles. The highest BCUT2D eigenvalue weighted by atomic mass is 35.5. The summed E-state index contributed by atoms with van der Waals surface area (Å²) in [4.78, 5) is 0. The van der Waals surface area contributed by atoms with Gasteiger partial charge < -0.3 is 10.4 Å². The van der Waals surface area contributed by atoms with Crippen molar-refractivity contribution in [2.45, 2.75) is 39.3 Å². The van der Waals surface area contributed by atoms with Gasteiger partial charge in [0.2, 0.25) is 0 Å². The van der Waals surface area contributed by atoms with E-state index in [9.17, 15) is 5.11 Å². The molecular formula is C14H22ClNO. The van der Waals surface area contributed by atoms with Crippen LogP contribution < -0.4 is 5.32 Å². The summed E-state index contributed by atoms with van der Waals surface area (Å²) in [5, 5.41) is 13.5. The molecule has 0 spiro atoms. The summed E-state index contributed by atoms with van der Waals surface area (Å²) < 4.78 is 0. The van der Waals surface area contributed by atoms with Gasteiger partial charge in [-0.25, -0.2) is 0 Å². The van der Waals surface area contributed by atoms with E-state index in [1.165, 1.54) is 5.56 Å². The maximum Gasteiger partial charge on any atom is 0.0587 e. The third kappa shape index (κ3) is 5.07. The van der Waals surface area contributed by atoms with Gasteiger partial charge in [0.1, 0.15) is 0 Å². The van der Waals surface area contributed by atoms with Crippen LogP contribution in [0, 0.1) is 5.92 Å². The fraction of sp³-hybridized carbons (Fsp3) is 0.571. The maximum absolute atomic E-state index is 9.27. The fourth-order valence-electron chi connectivity index (χ4n) is 1.85. The lowest BCUT2D eigenvalue weighted by molar-refractivity contribution is 0.201. The third-order valence-electron chi connectivity index (χ3n) is 2.96. The highest BCUT2D eigenvalue weighted by molar-refractivity contribution is 6.30. The zero-order valence-corrected chi connectivity index (χ0v) is 11.5. The van der Waals surface area contributed by atoms with Gasteiger partial charge in [0, 0.05) is 17.1 Å². The summed E-state index contributed by atoms with van der Waals surface area (Å²) >= 11 is 5.85. The largest absolute Gasteiger partial charge is 0.395 e. The fourth-order valence-corrected chi connectivity index (χ4v) is 1.98. The first-order chi connectivity index (χ1) is 8.02. The average molecular weight is 256 g/mol. The first-order valence-electron chi connectivity index (χ1n) is 6.14. The zero-order chi connectivity index (χ0) is 12.8. The summed E-state index contributed by atoms with van der Waals surface area (Å²) in [7, 11) is 0. The molecule has 3 heteroatoms. The normalized spacial score (nSPS) is 14.9. The third-order valence-corrected chi connectivity index (χ3v) is 3.21. The Morgan fingerprint density at radius 3 is 2.24 bits per heavy atom. The van der Waals surface area contributed by atoms with Crippen LogP contribution in [-0.4, -0.2) is 23.8 Å². The molecule has 0 fully saturated rings. The predicted octanol–water partition coefficient (Wildman–Crippen LogP) is 2.88. The van der Waals surface area contributed by atoms with Gasteiger partial charge >= 0.3 is 0 Å². The second-order valence-corrected chi connectivity index (χ2v) is 5.37. The second kappa shape index (κ2) is 7.00. The minimum absolute atomic E-state index is 0.164. The van der Waals surface area contributed by atoms with Crippen LogP contribution >= 0.6 is 11.6 Å². The van der Waals surface area contributed by atoms with Gasteiger partial charge in [0.15, 0.2) is 0 Å². The predicted molar refractivity (Wildman–Crippen MR) is 73.5 cm³/mol. The van der Waals surface area contributed by atoms with Crippen molar-refractivity contribution in [3.05, 3.63) is 34.9 Å². The topological polar surface area (TPSA) is 32.3 Å². The second-order valence-electron chi connectivity index (χ2n) is 4.93. The van der Waals surface area contributed by atoms with Gasteiger partial charge in [-0.05, 0) is 37.0 Å². The van der Waals surface area contributed by atoms with Gasteiger partial charge in [-0.15, -0.1) is 0 Å². The molecular weight excluding hydrogens is 234 g/mol. The quantitative estimate of drug-likeness (QED) is 0.819. The van der Waals surface area contributed by atoms with E-state index >= 15 is 0 Å². The van der Waals surface area contributed by atoms with Crippen molar-refractivity contribution in [2.24, 2.45) is 5.92 Å². The number of benzene rings is 1. The van der Waals surface area contributed by atoms with E-state index < -0.39 is 0 Å². The Kier molecular flexibility index (Phi) is 5.96. The molecule has 0 saturated carbocycles. The molecule has 0 aliphatic carbocycles. The van der Waals surface area contributed by atoms with Crippen LogP contribution in [0.2, 0.25) is 5.02 Å². The van der Waals surface area contributed by atoms with E-state index in [4.69, 9.17) is 11.6 Å². The molecule has 2 unspecified atom stereocenters. The molecule has 1 rings (SSSR count). The van der Waals surface area contributed by atoms with Crippen LogP contribution in [0.4, 0.5) is 0 Å². The van der Waals surface area contributed by atoms with Crippen LogP contribution in [0.25, 0.3) is 0 Å². The Bertz CT molecular complexity index is 323. The van der Waals surface area contributed by atoms with Crippen LogP contribution in [0.3, 0.4) is 0 Å². The molecule has 1 aromatic carbocycles. The van der Waals surface area contributed by atoms with Crippen molar-refractivity contribution in [3.63, 3.8) is 0 Å². The minimum atomic E-state index is 0.164. The molecule has 0 bridgehead atoms. The monoisotopic (exact) mass is 255 g/mol. The molecule has 0 heterocycles. The molecule has 17 heavy (non-hydrogen) atoms. The number of hydrogen-bond acceptors (Lipinski definition) is 2. The Morgan fingerprint density at radius 2 is 1.76 bits per heavy atom. The highest BCUT2D eigenvalue weighted by Crippen LogP contribution is 2.12. The van der Waals surface area contributed by atoms with E-state index in [2.05, 4.69) is 26.1 Å². The van der Waals surface area contributed by atoms with Crippen molar-refractivity contribution < 1.29 is 5.11 Å². The number of halogens is 1. The first-order valence-corrected chi connectivity index (χ1v) is 6.52. The molecule has 2 nitrogen and oxygen atoms in total. The Morgan fingerprint density at radius 1 is 1.18 bits per heavy atom. The molecule has 0 amide bonds. The van der Waals surface area contributed by atoms with Crippen molar-refractivity contribution in [1.82, 2.24) is 5.32 Å². The number of rotatable bonds is 6.